The highest BCUT2D eigenvalue weighted by molar-refractivity contribution is 5.37. The maximum Gasteiger partial charge on any atom is 0.122 e. The summed E-state index contributed by atoms with van der Waals surface area (Å²) in [6.07, 6.45) is 4.19. The second-order valence-corrected chi connectivity index (χ2v) is 11.4. The van der Waals surface area contributed by atoms with Crippen LogP contribution in [0.2, 0.25) is 0 Å². The Morgan fingerprint density at radius 1 is 0.700 bits per heavy atom. The van der Waals surface area contributed by atoms with Gasteiger partial charge in [0.1, 0.15) is 11.5 Å². The van der Waals surface area contributed by atoms with Gasteiger partial charge in [0.15, 0.2) is 0 Å². The molecule has 0 fully saturated rings. The molecule has 0 aliphatic rings. The lowest BCUT2D eigenvalue weighted by Gasteiger charge is -2.21. The minimum Gasteiger partial charge on any atom is -0.508 e. The Hall–Kier alpha value is -3.52. The largest absolute Gasteiger partial charge is 0.508 e. The van der Waals surface area contributed by atoms with Crippen LogP contribution in [0.15, 0.2) is 97.1 Å². The van der Waals surface area contributed by atoms with Crippen LogP contribution in [0.3, 0.4) is 0 Å². The van der Waals surface area contributed by atoms with Crippen molar-refractivity contribution in [3.8, 4) is 11.5 Å². The number of hydrogen-bond acceptors (Lipinski definition) is 2. The predicted molar refractivity (Wildman–Crippen MR) is 171 cm³/mol. The van der Waals surface area contributed by atoms with E-state index in [0.717, 1.165) is 38.0 Å². The fraction of sp³-hybridized carbons (Fsp3) is 0.368. The van der Waals surface area contributed by atoms with E-state index in [1.807, 2.05) is 12.1 Å². The average molecular weight is 537 g/mol. The van der Waals surface area contributed by atoms with E-state index in [1.165, 1.54) is 33.4 Å². The van der Waals surface area contributed by atoms with Gasteiger partial charge in [-0.15, -0.1) is 0 Å². The summed E-state index contributed by atoms with van der Waals surface area (Å²) in [6.45, 7) is 14.1. The fourth-order valence-electron chi connectivity index (χ4n) is 5.03. The highest BCUT2D eigenvalue weighted by Gasteiger charge is 2.15. The van der Waals surface area contributed by atoms with Crippen LogP contribution in [0.25, 0.3) is 0 Å². The molecule has 0 radical (unpaired) electrons. The van der Waals surface area contributed by atoms with E-state index >= 15 is 0 Å². The molecule has 1 N–H and O–H groups in total. The summed E-state index contributed by atoms with van der Waals surface area (Å²) in [5.74, 6) is 3.16. The standard InChI is InChI=1S/2C19H24O/c1-14-9-10-19(20)13-18(14)12-16(3)15(2)11-17-7-5-4-6-8-17;1-4-17-14-15(2)10-11-19(17)20-13-12-16(3)18-8-6-5-7-9-18/h4-10,13,15-16,20H,11-12H2,1-3H3;5-11,14,16H,4,12-13H2,1-3H3. The van der Waals surface area contributed by atoms with Crippen LogP contribution in [-0.4, -0.2) is 11.7 Å². The fourth-order valence-corrected chi connectivity index (χ4v) is 5.03. The average Bonchev–Trinajstić information content (AvgIpc) is 2.97. The molecule has 0 saturated heterocycles. The number of phenols is 1. The minimum absolute atomic E-state index is 0.369. The van der Waals surface area contributed by atoms with E-state index in [9.17, 15) is 5.11 Å². The molecule has 2 heteroatoms. The van der Waals surface area contributed by atoms with Crippen molar-refractivity contribution < 1.29 is 9.84 Å². The molecule has 3 unspecified atom stereocenters. The Labute approximate surface area is 243 Å². The normalized spacial score (nSPS) is 13.1. The van der Waals surface area contributed by atoms with E-state index < -0.39 is 0 Å². The second kappa shape index (κ2) is 15.9. The van der Waals surface area contributed by atoms with E-state index in [1.54, 1.807) is 6.07 Å². The number of benzene rings is 4. The molecule has 0 amide bonds. The van der Waals surface area contributed by atoms with Gasteiger partial charge in [-0.2, -0.15) is 0 Å². The summed E-state index contributed by atoms with van der Waals surface area (Å²) in [4.78, 5) is 0. The highest BCUT2D eigenvalue weighted by atomic mass is 16.5. The van der Waals surface area contributed by atoms with Crippen LogP contribution < -0.4 is 4.74 Å². The van der Waals surface area contributed by atoms with Crippen LogP contribution in [-0.2, 0) is 19.3 Å². The summed E-state index contributed by atoms with van der Waals surface area (Å²) < 4.78 is 5.98. The molecule has 0 aliphatic heterocycles. The first-order valence-electron chi connectivity index (χ1n) is 14.9. The van der Waals surface area contributed by atoms with Crippen molar-refractivity contribution in [3.05, 3.63) is 130 Å². The molecular formula is C38H48O2. The Bertz CT molecular complexity index is 1280. The molecular weight excluding hydrogens is 488 g/mol. The summed E-state index contributed by atoms with van der Waals surface area (Å²) in [6, 6.07) is 33.4. The van der Waals surface area contributed by atoms with E-state index in [4.69, 9.17) is 4.74 Å². The lowest BCUT2D eigenvalue weighted by atomic mass is 9.84. The maximum atomic E-state index is 9.62. The number of aromatic hydroxyl groups is 1. The molecule has 3 atom stereocenters. The van der Waals surface area contributed by atoms with Crippen LogP contribution >= 0.6 is 0 Å². The summed E-state index contributed by atoms with van der Waals surface area (Å²) in [5, 5.41) is 9.62. The van der Waals surface area contributed by atoms with Gasteiger partial charge in [0.2, 0.25) is 0 Å². The number of ether oxygens (including phenoxy) is 1. The molecule has 212 valence electrons. The van der Waals surface area contributed by atoms with Gasteiger partial charge in [-0.05, 0) is 103 Å². The molecule has 0 aromatic heterocycles. The zero-order valence-corrected chi connectivity index (χ0v) is 25.4. The molecule has 2 nitrogen and oxygen atoms in total. The molecule has 0 heterocycles. The Morgan fingerprint density at radius 2 is 1.35 bits per heavy atom. The van der Waals surface area contributed by atoms with Gasteiger partial charge in [0.25, 0.3) is 0 Å². The summed E-state index contributed by atoms with van der Waals surface area (Å²) in [5.41, 5.74) is 7.92. The van der Waals surface area contributed by atoms with Crippen LogP contribution in [0, 0.1) is 25.7 Å². The first-order chi connectivity index (χ1) is 19.3. The van der Waals surface area contributed by atoms with Gasteiger partial charge in [0.05, 0.1) is 6.61 Å². The van der Waals surface area contributed by atoms with Crippen molar-refractivity contribution in [2.75, 3.05) is 6.61 Å². The Balaban J connectivity index is 0.000000220. The quantitative estimate of drug-likeness (QED) is 0.207. The molecule has 0 aliphatic carbocycles. The van der Waals surface area contributed by atoms with Crippen molar-refractivity contribution in [1.82, 2.24) is 0 Å². The van der Waals surface area contributed by atoms with Gasteiger partial charge in [0, 0.05) is 0 Å². The Morgan fingerprint density at radius 3 is 2.02 bits per heavy atom. The van der Waals surface area contributed by atoms with Gasteiger partial charge in [-0.25, -0.2) is 0 Å². The third-order valence-corrected chi connectivity index (χ3v) is 8.02. The van der Waals surface area contributed by atoms with Gasteiger partial charge in [-0.1, -0.05) is 112 Å². The van der Waals surface area contributed by atoms with Gasteiger partial charge < -0.3 is 9.84 Å². The number of hydrogen-bond donors (Lipinski definition) is 1. The molecule has 0 saturated carbocycles. The van der Waals surface area contributed by atoms with Crippen LogP contribution in [0.5, 0.6) is 11.5 Å². The maximum absolute atomic E-state index is 9.62. The Kier molecular flexibility index (Phi) is 12.3. The number of phenolic OH excluding ortho intramolecular Hbond substituents is 1. The zero-order valence-electron chi connectivity index (χ0n) is 25.4. The SMILES string of the molecule is CCc1cc(C)ccc1OCCC(C)c1ccccc1.Cc1ccc(O)cc1CC(C)C(C)Cc1ccccc1. The van der Waals surface area contributed by atoms with Gasteiger partial charge >= 0.3 is 0 Å². The van der Waals surface area contributed by atoms with Crippen molar-refractivity contribution in [3.63, 3.8) is 0 Å². The third kappa shape index (κ3) is 9.90. The minimum atomic E-state index is 0.369. The lowest BCUT2D eigenvalue weighted by molar-refractivity contribution is 0.298. The highest BCUT2D eigenvalue weighted by Crippen LogP contribution is 2.25. The molecule has 4 rings (SSSR count). The lowest BCUT2D eigenvalue weighted by Crippen LogP contribution is -2.14. The van der Waals surface area contributed by atoms with Crippen LogP contribution in [0.1, 0.15) is 73.4 Å². The van der Waals surface area contributed by atoms with E-state index in [-0.39, 0.29) is 0 Å². The first kappa shape index (κ1) is 31.0. The second-order valence-electron chi connectivity index (χ2n) is 11.4. The van der Waals surface area contributed by atoms with Crippen molar-refractivity contribution >= 4 is 0 Å². The third-order valence-electron chi connectivity index (χ3n) is 8.02. The summed E-state index contributed by atoms with van der Waals surface area (Å²) >= 11 is 0. The molecule has 4 aromatic rings. The van der Waals surface area contributed by atoms with Crippen molar-refractivity contribution in [2.24, 2.45) is 11.8 Å². The number of aryl methyl sites for hydroxylation is 3. The number of rotatable bonds is 11. The molecule has 40 heavy (non-hydrogen) atoms. The molecule has 4 aromatic carbocycles. The zero-order chi connectivity index (χ0) is 28.9. The van der Waals surface area contributed by atoms with Crippen molar-refractivity contribution in [1.29, 1.82) is 0 Å². The van der Waals surface area contributed by atoms with Crippen LogP contribution in [0.4, 0.5) is 0 Å². The molecule has 0 spiro atoms. The smallest absolute Gasteiger partial charge is 0.122 e. The molecule has 0 bridgehead atoms. The van der Waals surface area contributed by atoms with E-state index in [2.05, 4.69) is 120 Å². The van der Waals surface area contributed by atoms with Crippen molar-refractivity contribution in [2.45, 2.75) is 73.1 Å². The summed E-state index contributed by atoms with van der Waals surface area (Å²) in [7, 11) is 0. The van der Waals surface area contributed by atoms with E-state index in [0.29, 0.717) is 23.5 Å². The van der Waals surface area contributed by atoms with Gasteiger partial charge in [-0.3, -0.25) is 0 Å². The predicted octanol–water partition coefficient (Wildman–Crippen LogP) is 9.89. The monoisotopic (exact) mass is 536 g/mol. The topological polar surface area (TPSA) is 29.5 Å². The first-order valence-corrected chi connectivity index (χ1v) is 14.9.